The first kappa shape index (κ1) is 20.4. The molecule has 1 saturated heterocycles. The largest absolute Gasteiger partial charge is 0.270 e. The van der Waals surface area contributed by atoms with Crippen molar-refractivity contribution >= 4 is 46.0 Å². The molecule has 1 aliphatic rings. The van der Waals surface area contributed by atoms with Crippen molar-refractivity contribution in [3.8, 4) is 11.3 Å². The van der Waals surface area contributed by atoms with Gasteiger partial charge in [-0.05, 0) is 23.8 Å². The Morgan fingerprint density at radius 3 is 2.44 bits per heavy atom. The topological polar surface area (TPSA) is 51.0 Å². The van der Waals surface area contributed by atoms with Crippen molar-refractivity contribution in [1.29, 1.82) is 0 Å². The highest BCUT2D eigenvalue weighted by atomic mass is 32.2. The predicted molar refractivity (Wildman–Crippen MR) is 133 cm³/mol. The van der Waals surface area contributed by atoms with Gasteiger partial charge in [-0.15, -0.1) is 0 Å². The lowest BCUT2D eigenvalue weighted by Gasteiger charge is -2.13. The van der Waals surface area contributed by atoms with Gasteiger partial charge < -0.3 is 0 Å². The van der Waals surface area contributed by atoms with Crippen LogP contribution in [0, 0.1) is 0 Å². The Hall–Kier alpha value is -3.55. The summed E-state index contributed by atoms with van der Waals surface area (Å²) in [6, 6.07) is 23.8. The molecule has 0 saturated carbocycles. The summed E-state index contributed by atoms with van der Waals surface area (Å²) >= 11 is 6.78. The number of benzene rings is 2. The summed E-state index contributed by atoms with van der Waals surface area (Å²) in [4.78, 5) is 19.4. The minimum absolute atomic E-state index is 0.150. The molecule has 0 spiro atoms. The van der Waals surface area contributed by atoms with E-state index >= 15 is 0 Å². The summed E-state index contributed by atoms with van der Waals surface area (Å²) in [6.07, 6.45) is 7.17. The zero-order valence-corrected chi connectivity index (χ0v) is 18.6. The lowest BCUT2D eigenvalue weighted by Crippen LogP contribution is -2.27. The standard InChI is InChI=1S/C25H18N4OS2/c30-24-22(32-25(31)29(24)21-12-7-13-26-15-21)14-20-17-28(16-18-8-3-1-4-9-18)27-23(20)19-10-5-2-6-11-19/h1-15,17H,16H2/b22-14-. The number of thiocarbonyl (C=S) groups is 1. The van der Waals surface area contributed by atoms with Gasteiger partial charge in [0.1, 0.15) is 0 Å². The van der Waals surface area contributed by atoms with Gasteiger partial charge in [0.2, 0.25) is 0 Å². The third-order valence-electron chi connectivity index (χ3n) is 5.01. The molecule has 0 unspecified atom stereocenters. The number of carbonyl (C=O) groups is 1. The van der Waals surface area contributed by atoms with Crippen LogP contribution in [0.25, 0.3) is 17.3 Å². The third kappa shape index (κ3) is 4.12. The van der Waals surface area contributed by atoms with E-state index in [1.165, 1.54) is 16.7 Å². The highest BCUT2D eigenvalue weighted by Gasteiger charge is 2.33. The number of thioether (sulfide) groups is 1. The van der Waals surface area contributed by atoms with Crippen molar-refractivity contribution in [2.24, 2.45) is 0 Å². The Kier molecular flexibility index (Phi) is 5.66. The smallest absolute Gasteiger partial charge is 0.268 e. The second kappa shape index (κ2) is 8.90. The average molecular weight is 455 g/mol. The fourth-order valence-corrected chi connectivity index (χ4v) is 4.82. The summed E-state index contributed by atoms with van der Waals surface area (Å²) in [5.74, 6) is -0.150. The molecule has 5 rings (SSSR count). The van der Waals surface area contributed by atoms with Crippen molar-refractivity contribution in [2.45, 2.75) is 6.54 Å². The lowest BCUT2D eigenvalue weighted by molar-refractivity contribution is -0.113. The summed E-state index contributed by atoms with van der Waals surface area (Å²) in [5, 5.41) is 4.83. The minimum Gasteiger partial charge on any atom is -0.268 e. The van der Waals surface area contributed by atoms with Crippen LogP contribution in [0.3, 0.4) is 0 Å². The molecular weight excluding hydrogens is 436 g/mol. The van der Waals surface area contributed by atoms with E-state index in [1.807, 2.05) is 71.6 Å². The maximum absolute atomic E-state index is 13.2. The van der Waals surface area contributed by atoms with E-state index in [1.54, 1.807) is 18.5 Å². The van der Waals surface area contributed by atoms with E-state index in [0.29, 0.717) is 21.5 Å². The maximum atomic E-state index is 13.2. The molecule has 3 heterocycles. The fourth-order valence-electron chi connectivity index (χ4n) is 3.53. The van der Waals surface area contributed by atoms with Crippen molar-refractivity contribution in [2.75, 3.05) is 4.90 Å². The number of pyridine rings is 1. The first-order valence-electron chi connectivity index (χ1n) is 10.0. The fraction of sp³-hybridized carbons (Fsp3) is 0.0400. The average Bonchev–Trinajstić information content (AvgIpc) is 3.35. The molecule has 1 aliphatic heterocycles. The molecule has 7 heteroatoms. The molecule has 0 atom stereocenters. The number of carbonyl (C=O) groups excluding carboxylic acids is 1. The molecule has 156 valence electrons. The van der Waals surface area contributed by atoms with Crippen LogP contribution in [-0.4, -0.2) is 25.0 Å². The molecule has 4 aromatic rings. The van der Waals surface area contributed by atoms with Gasteiger partial charge in [-0.3, -0.25) is 19.4 Å². The SMILES string of the molecule is O=C1/C(=C/c2cn(Cc3ccccc3)nc2-c2ccccc2)SC(=S)N1c1cccnc1. The quantitative estimate of drug-likeness (QED) is 0.299. The molecule has 5 nitrogen and oxygen atoms in total. The zero-order valence-electron chi connectivity index (χ0n) is 17.0. The van der Waals surface area contributed by atoms with Crippen molar-refractivity contribution in [3.63, 3.8) is 0 Å². The van der Waals surface area contributed by atoms with Gasteiger partial charge in [-0.2, -0.15) is 5.10 Å². The molecule has 0 aliphatic carbocycles. The number of rotatable bonds is 5. The van der Waals surface area contributed by atoms with Crippen LogP contribution in [0.4, 0.5) is 5.69 Å². The van der Waals surface area contributed by atoms with Crippen molar-refractivity contribution in [1.82, 2.24) is 14.8 Å². The van der Waals surface area contributed by atoms with E-state index in [0.717, 1.165) is 22.4 Å². The third-order valence-corrected chi connectivity index (χ3v) is 6.31. The number of hydrogen-bond donors (Lipinski definition) is 0. The molecular formula is C25H18N4OS2. The van der Waals surface area contributed by atoms with Crippen LogP contribution < -0.4 is 4.90 Å². The number of anilines is 1. The normalized spacial score (nSPS) is 15.0. The van der Waals surface area contributed by atoms with Crippen LogP contribution in [0.5, 0.6) is 0 Å². The Balaban J connectivity index is 1.53. The van der Waals surface area contributed by atoms with Crippen LogP contribution in [0.1, 0.15) is 11.1 Å². The van der Waals surface area contributed by atoms with E-state index < -0.39 is 0 Å². The lowest BCUT2D eigenvalue weighted by atomic mass is 10.1. The highest BCUT2D eigenvalue weighted by Crippen LogP contribution is 2.37. The second-order valence-electron chi connectivity index (χ2n) is 7.21. The molecule has 0 radical (unpaired) electrons. The maximum Gasteiger partial charge on any atom is 0.270 e. The molecule has 2 aromatic carbocycles. The van der Waals surface area contributed by atoms with Gasteiger partial charge in [-0.1, -0.05) is 84.6 Å². The first-order valence-corrected chi connectivity index (χ1v) is 11.3. The number of nitrogens with zero attached hydrogens (tertiary/aromatic N) is 4. The Morgan fingerprint density at radius 2 is 1.72 bits per heavy atom. The summed E-state index contributed by atoms with van der Waals surface area (Å²) in [6.45, 7) is 0.644. The highest BCUT2D eigenvalue weighted by molar-refractivity contribution is 8.27. The number of amides is 1. The molecule has 0 N–H and O–H groups in total. The molecule has 1 amide bonds. The summed E-state index contributed by atoms with van der Waals surface area (Å²) < 4.78 is 2.40. The van der Waals surface area contributed by atoms with Crippen molar-refractivity contribution < 1.29 is 4.79 Å². The summed E-state index contributed by atoms with van der Waals surface area (Å²) in [5.41, 5.74) is 4.52. The van der Waals surface area contributed by atoms with Crippen LogP contribution >= 0.6 is 24.0 Å². The van der Waals surface area contributed by atoms with Gasteiger partial charge >= 0.3 is 0 Å². The van der Waals surface area contributed by atoms with Gasteiger partial charge in [0.15, 0.2) is 4.32 Å². The zero-order chi connectivity index (χ0) is 21.9. The van der Waals surface area contributed by atoms with Crippen molar-refractivity contribution in [3.05, 3.63) is 107 Å². The first-order chi connectivity index (χ1) is 15.7. The van der Waals surface area contributed by atoms with Gasteiger partial charge in [0.25, 0.3) is 5.91 Å². The van der Waals surface area contributed by atoms with E-state index in [4.69, 9.17) is 17.3 Å². The molecule has 0 bridgehead atoms. The predicted octanol–water partition coefficient (Wildman–Crippen LogP) is 5.40. The Morgan fingerprint density at radius 1 is 0.969 bits per heavy atom. The number of hydrogen-bond acceptors (Lipinski definition) is 5. The Bertz CT molecular complexity index is 1300. The van der Waals surface area contributed by atoms with E-state index in [2.05, 4.69) is 17.1 Å². The van der Waals surface area contributed by atoms with Gasteiger partial charge in [0.05, 0.1) is 29.0 Å². The summed E-state index contributed by atoms with van der Waals surface area (Å²) in [7, 11) is 0. The minimum atomic E-state index is -0.150. The Labute approximate surface area is 195 Å². The van der Waals surface area contributed by atoms with E-state index in [-0.39, 0.29) is 5.91 Å². The van der Waals surface area contributed by atoms with E-state index in [9.17, 15) is 4.79 Å². The molecule has 1 fully saturated rings. The van der Waals surface area contributed by atoms with Crippen LogP contribution in [0.15, 0.2) is 96.3 Å². The second-order valence-corrected chi connectivity index (χ2v) is 8.89. The van der Waals surface area contributed by atoms with Gasteiger partial charge in [0, 0.05) is 23.5 Å². The van der Waals surface area contributed by atoms with Crippen LogP contribution in [0.2, 0.25) is 0 Å². The van der Waals surface area contributed by atoms with Crippen LogP contribution in [-0.2, 0) is 11.3 Å². The van der Waals surface area contributed by atoms with Gasteiger partial charge in [-0.25, -0.2) is 0 Å². The number of aromatic nitrogens is 3. The monoisotopic (exact) mass is 454 g/mol. The molecule has 32 heavy (non-hydrogen) atoms. The molecule has 2 aromatic heterocycles.